The van der Waals surface area contributed by atoms with Gasteiger partial charge in [-0.25, -0.2) is 4.98 Å². The van der Waals surface area contributed by atoms with Gasteiger partial charge in [0.15, 0.2) is 0 Å². The van der Waals surface area contributed by atoms with Gasteiger partial charge in [0.25, 0.3) is 5.91 Å². The van der Waals surface area contributed by atoms with E-state index in [1.165, 1.54) is 0 Å². The van der Waals surface area contributed by atoms with E-state index in [4.69, 9.17) is 0 Å². The summed E-state index contributed by atoms with van der Waals surface area (Å²) in [6.07, 6.45) is 5.62. The van der Waals surface area contributed by atoms with Crippen LogP contribution in [0.4, 0.5) is 11.5 Å². The number of piperazine rings is 1. The number of nitrogens with one attached hydrogen (secondary N) is 1. The van der Waals surface area contributed by atoms with E-state index in [9.17, 15) is 4.79 Å². The number of benzene rings is 2. The Bertz CT molecular complexity index is 1270. The Morgan fingerprint density at radius 2 is 1.75 bits per heavy atom. The highest BCUT2D eigenvalue weighted by molar-refractivity contribution is 6.05. The summed E-state index contributed by atoms with van der Waals surface area (Å²) in [5.41, 5.74) is 3.84. The lowest BCUT2D eigenvalue weighted by Gasteiger charge is -2.34. The minimum absolute atomic E-state index is 0.156. The molecular formula is C25H26N6O. The summed E-state index contributed by atoms with van der Waals surface area (Å²) in [6.45, 7) is 3.98. The lowest BCUT2D eigenvalue weighted by Crippen LogP contribution is -2.44. The first-order chi connectivity index (χ1) is 15.5. The Hall–Kier alpha value is -3.71. The molecule has 1 N–H and O–H groups in total. The number of hydrogen-bond acceptors (Lipinski definition) is 5. The Balaban J connectivity index is 1.36. The second kappa shape index (κ2) is 8.43. The minimum atomic E-state index is -0.156. The molecule has 0 unspecified atom stereocenters. The number of pyridine rings is 1. The predicted molar refractivity (Wildman–Crippen MR) is 128 cm³/mol. The van der Waals surface area contributed by atoms with Gasteiger partial charge in [-0.1, -0.05) is 18.2 Å². The summed E-state index contributed by atoms with van der Waals surface area (Å²) >= 11 is 0. The molecule has 7 heteroatoms. The molecule has 7 nitrogen and oxygen atoms in total. The molecule has 2 aromatic carbocycles. The first-order valence-corrected chi connectivity index (χ1v) is 10.8. The molecule has 1 amide bonds. The maximum absolute atomic E-state index is 12.9. The number of amides is 1. The maximum atomic E-state index is 12.9. The van der Waals surface area contributed by atoms with Gasteiger partial charge in [0, 0.05) is 67.8 Å². The van der Waals surface area contributed by atoms with Crippen LogP contribution in [0.25, 0.3) is 21.9 Å². The first-order valence-electron chi connectivity index (χ1n) is 10.8. The molecule has 2 aromatic heterocycles. The van der Waals surface area contributed by atoms with Crippen LogP contribution < -0.4 is 10.2 Å². The number of carbonyl (C=O) groups is 1. The normalized spacial score (nSPS) is 14.6. The zero-order valence-corrected chi connectivity index (χ0v) is 18.3. The molecule has 0 atom stereocenters. The van der Waals surface area contributed by atoms with Crippen LogP contribution in [0.3, 0.4) is 0 Å². The summed E-state index contributed by atoms with van der Waals surface area (Å²) in [5, 5.41) is 9.24. The van der Waals surface area contributed by atoms with Crippen LogP contribution in [-0.2, 0) is 7.05 Å². The van der Waals surface area contributed by atoms with E-state index in [1.807, 2.05) is 49.8 Å². The van der Waals surface area contributed by atoms with Gasteiger partial charge in [-0.05, 0) is 48.3 Å². The van der Waals surface area contributed by atoms with Crippen molar-refractivity contribution in [3.63, 3.8) is 0 Å². The topological polar surface area (TPSA) is 66.3 Å². The van der Waals surface area contributed by atoms with E-state index in [2.05, 4.69) is 50.4 Å². The number of nitrogens with zero attached hydrogens (tertiary/aromatic N) is 5. The van der Waals surface area contributed by atoms with E-state index < -0.39 is 0 Å². The number of hydrogen-bond donors (Lipinski definition) is 1. The highest BCUT2D eigenvalue weighted by Crippen LogP contribution is 2.25. The predicted octanol–water partition coefficient (Wildman–Crippen LogP) is 3.64. The molecule has 0 bridgehead atoms. The van der Waals surface area contributed by atoms with Gasteiger partial charge in [-0.2, -0.15) is 5.10 Å². The van der Waals surface area contributed by atoms with Crippen molar-refractivity contribution >= 4 is 28.2 Å². The third-order valence-corrected chi connectivity index (χ3v) is 5.98. The number of fused-ring (bicyclic) bond motifs is 1. The van der Waals surface area contributed by atoms with E-state index in [0.29, 0.717) is 11.4 Å². The quantitative estimate of drug-likeness (QED) is 0.540. The summed E-state index contributed by atoms with van der Waals surface area (Å²) in [5.74, 6) is 0.382. The van der Waals surface area contributed by atoms with Gasteiger partial charge in [0.1, 0.15) is 5.82 Å². The standard InChI is InChI=1S/C25H26N6O/c1-29-8-10-31(11-9-29)23-5-3-4-19(13-23)25(32)28-24-14-21-12-18(6-7-20(21)15-26-24)22-16-27-30(2)17-22/h3-7,12-17H,8-11H2,1-2H3,(H,26,28,32). The Labute approximate surface area is 187 Å². The molecule has 162 valence electrons. The highest BCUT2D eigenvalue weighted by Gasteiger charge is 2.16. The molecule has 0 spiro atoms. The number of anilines is 2. The molecule has 5 rings (SSSR count). The van der Waals surface area contributed by atoms with Crippen molar-refractivity contribution in [1.29, 1.82) is 0 Å². The average molecular weight is 427 g/mol. The Morgan fingerprint density at radius 3 is 2.53 bits per heavy atom. The van der Waals surface area contributed by atoms with Crippen molar-refractivity contribution in [2.24, 2.45) is 7.05 Å². The van der Waals surface area contributed by atoms with Crippen molar-refractivity contribution in [3.05, 3.63) is 72.7 Å². The van der Waals surface area contributed by atoms with Crippen LogP contribution in [0, 0.1) is 0 Å². The zero-order chi connectivity index (χ0) is 22.1. The number of rotatable bonds is 4. The molecule has 0 saturated carbocycles. The van der Waals surface area contributed by atoms with Crippen molar-refractivity contribution in [1.82, 2.24) is 19.7 Å². The lowest BCUT2D eigenvalue weighted by molar-refractivity contribution is 0.102. The fourth-order valence-corrected chi connectivity index (χ4v) is 4.06. The molecule has 3 heterocycles. The zero-order valence-electron chi connectivity index (χ0n) is 18.3. The largest absolute Gasteiger partial charge is 0.369 e. The SMILES string of the molecule is CN1CCN(c2cccc(C(=O)Nc3cc4cc(-c5cnn(C)c5)ccc4cn3)c2)CC1. The Morgan fingerprint density at radius 1 is 0.906 bits per heavy atom. The van der Waals surface area contributed by atoms with E-state index in [-0.39, 0.29) is 5.91 Å². The van der Waals surface area contributed by atoms with Crippen molar-refractivity contribution in [2.75, 3.05) is 43.4 Å². The third kappa shape index (κ3) is 4.20. The Kier molecular flexibility index (Phi) is 5.33. The van der Waals surface area contributed by atoms with Gasteiger partial charge < -0.3 is 15.1 Å². The molecule has 1 fully saturated rings. The third-order valence-electron chi connectivity index (χ3n) is 5.98. The second-order valence-electron chi connectivity index (χ2n) is 8.33. The average Bonchev–Trinajstić information content (AvgIpc) is 3.25. The second-order valence-corrected chi connectivity index (χ2v) is 8.33. The molecule has 1 saturated heterocycles. The van der Waals surface area contributed by atoms with E-state index in [0.717, 1.165) is 53.8 Å². The molecule has 32 heavy (non-hydrogen) atoms. The van der Waals surface area contributed by atoms with Gasteiger partial charge >= 0.3 is 0 Å². The molecule has 0 radical (unpaired) electrons. The van der Waals surface area contributed by atoms with Crippen molar-refractivity contribution in [2.45, 2.75) is 0 Å². The first kappa shape index (κ1) is 20.2. The van der Waals surface area contributed by atoms with Gasteiger partial charge in [-0.3, -0.25) is 9.48 Å². The number of likely N-dealkylation sites (N-methyl/N-ethyl adjacent to an activating group) is 1. The molecule has 1 aliphatic heterocycles. The summed E-state index contributed by atoms with van der Waals surface area (Å²) < 4.78 is 1.79. The van der Waals surface area contributed by atoms with Gasteiger partial charge in [-0.15, -0.1) is 0 Å². The maximum Gasteiger partial charge on any atom is 0.256 e. The molecular weight excluding hydrogens is 400 g/mol. The van der Waals surface area contributed by atoms with Crippen LogP contribution in [0.5, 0.6) is 0 Å². The van der Waals surface area contributed by atoms with Crippen molar-refractivity contribution < 1.29 is 4.79 Å². The monoisotopic (exact) mass is 426 g/mol. The summed E-state index contributed by atoms with van der Waals surface area (Å²) in [7, 11) is 4.04. The fourth-order valence-electron chi connectivity index (χ4n) is 4.06. The molecule has 4 aromatic rings. The van der Waals surface area contributed by atoms with E-state index in [1.54, 1.807) is 10.9 Å². The smallest absolute Gasteiger partial charge is 0.256 e. The van der Waals surface area contributed by atoms with Gasteiger partial charge in [0.05, 0.1) is 6.20 Å². The van der Waals surface area contributed by atoms with Crippen LogP contribution in [0.1, 0.15) is 10.4 Å². The highest BCUT2D eigenvalue weighted by atomic mass is 16.1. The van der Waals surface area contributed by atoms with Crippen LogP contribution in [0.15, 0.2) is 67.1 Å². The summed E-state index contributed by atoms with van der Waals surface area (Å²) in [4.78, 5) is 22.0. The van der Waals surface area contributed by atoms with E-state index >= 15 is 0 Å². The van der Waals surface area contributed by atoms with Crippen LogP contribution >= 0.6 is 0 Å². The number of aromatic nitrogens is 3. The lowest BCUT2D eigenvalue weighted by atomic mass is 10.0. The minimum Gasteiger partial charge on any atom is -0.369 e. The molecule has 1 aliphatic rings. The molecule has 0 aliphatic carbocycles. The fraction of sp³-hybridized carbons (Fsp3) is 0.240. The van der Waals surface area contributed by atoms with Crippen molar-refractivity contribution in [3.8, 4) is 11.1 Å². The number of carbonyl (C=O) groups excluding carboxylic acids is 1. The van der Waals surface area contributed by atoms with Crippen LogP contribution in [-0.4, -0.2) is 58.8 Å². The number of aryl methyl sites for hydroxylation is 1. The van der Waals surface area contributed by atoms with Gasteiger partial charge in [0.2, 0.25) is 0 Å². The summed E-state index contributed by atoms with van der Waals surface area (Å²) in [6, 6.07) is 15.9. The van der Waals surface area contributed by atoms with Crippen LogP contribution in [0.2, 0.25) is 0 Å².